The molecule has 0 radical (unpaired) electrons. The lowest BCUT2D eigenvalue weighted by molar-refractivity contribution is -0.200. The highest BCUT2D eigenvalue weighted by atomic mass is 16.7. The molecule has 0 amide bonds. The van der Waals surface area contributed by atoms with Crippen molar-refractivity contribution in [3.05, 3.63) is 29.5 Å². The van der Waals surface area contributed by atoms with Crippen LogP contribution in [0.4, 0.5) is 0 Å². The Morgan fingerprint density at radius 2 is 2.10 bits per heavy atom. The first-order chi connectivity index (χ1) is 9.26. The van der Waals surface area contributed by atoms with Gasteiger partial charge in [-0.05, 0) is 26.8 Å². The molecule has 1 saturated carbocycles. The SMILES string of the molecule is C=C(C)C=C=C1C[C@@H]2OC(C)(C)C(O)C[C@]23O[C@@H]3[C@@H]1O. The Bertz CT molecular complexity index is 515. The summed E-state index contributed by atoms with van der Waals surface area (Å²) in [5.41, 5.74) is 3.70. The van der Waals surface area contributed by atoms with Gasteiger partial charge in [-0.15, -0.1) is 5.73 Å². The largest absolute Gasteiger partial charge is 0.390 e. The van der Waals surface area contributed by atoms with Crippen LogP contribution in [0.3, 0.4) is 0 Å². The molecular formula is C16H22O4. The van der Waals surface area contributed by atoms with Gasteiger partial charge in [0.05, 0.1) is 17.8 Å². The van der Waals surface area contributed by atoms with Crippen LogP contribution in [0.25, 0.3) is 0 Å². The number of aliphatic hydroxyl groups excluding tert-OH is 2. The van der Waals surface area contributed by atoms with Gasteiger partial charge in [0.25, 0.3) is 0 Å². The molecule has 2 aliphatic heterocycles. The first-order valence-corrected chi connectivity index (χ1v) is 7.09. The Morgan fingerprint density at radius 3 is 2.75 bits per heavy atom. The molecule has 110 valence electrons. The number of allylic oxidation sites excluding steroid dienone is 1. The minimum absolute atomic E-state index is 0.129. The van der Waals surface area contributed by atoms with E-state index in [1.165, 1.54) is 0 Å². The molecule has 5 atom stereocenters. The predicted molar refractivity (Wildman–Crippen MR) is 74.2 cm³/mol. The van der Waals surface area contributed by atoms with E-state index in [9.17, 15) is 10.2 Å². The molecule has 2 heterocycles. The van der Waals surface area contributed by atoms with Gasteiger partial charge < -0.3 is 19.7 Å². The molecule has 4 heteroatoms. The zero-order valence-electron chi connectivity index (χ0n) is 12.2. The van der Waals surface area contributed by atoms with Crippen molar-refractivity contribution in [1.29, 1.82) is 0 Å². The molecule has 1 spiro atoms. The van der Waals surface area contributed by atoms with Crippen molar-refractivity contribution < 1.29 is 19.7 Å². The summed E-state index contributed by atoms with van der Waals surface area (Å²) in [5, 5.41) is 20.5. The van der Waals surface area contributed by atoms with Gasteiger partial charge in [-0.3, -0.25) is 0 Å². The van der Waals surface area contributed by atoms with Gasteiger partial charge in [-0.1, -0.05) is 12.2 Å². The van der Waals surface area contributed by atoms with Crippen LogP contribution in [0.1, 0.15) is 33.6 Å². The molecule has 2 saturated heterocycles. The molecule has 0 aromatic heterocycles. The van der Waals surface area contributed by atoms with Crippen LogP contribution in [-0.4, -0.2) is 45.8 Å². The van der Waals surface area contributed by atoms with Crippen LogP contribution in [0.5, 0.6) is 0 Å². The normalized spacial score (nSPS) is 45.0. The van der Waals surface area contributed by atoms with Crippen molar-refractivity contribution in [3.63, 3.8) is 0 Å². The van der Waals surface area contributed by atoms with E-state index in [-0.39, 0.29) is 12.2 Å². The number of aliphatic hydroxyl groups is 2. The summed E-state index contributed by atoms with van der Waals surface area (Å²) < 4.78 is 11.8. The lowest BCUT2D eigenvalue weighted by atomic mass is 9.74. The topological polar surface area (TPSA) is 62.2 Å². The third kappa shape index (κ3) is 2.00. The first-order valence-electron chi connectivity index (χ1n) is 7.09. The van der Waals surface area contributed by atoms with E-state index in [1.807, 2.05) is 20.8 Å². The maximum absolute atomic E-state index is 10.3. The molecule has 2 N–H and O–H groups in total. The van der Waals surface area contributed by atoms with Crippen LogP contribution in [0, 0.1) is 0 Å². The smallest absolute Gasteiger partial charge is 0.127 e. The fourth-order valence-corrected chi connectivity index (χ4v) is 3.26. The Hall–Kier alpha value is -0.900. The number of rotatable bonds is 1. The highest BCUT2D eigenvalue weighted by Crippen LogP contribution is 2.57. The predicted octanol–water partition coefficient (Wildman–Crippen LogP) is 1.47. The van der Waals surface area contributed by atoms with Crippen molar-refractivity contribution >= 4 is 0 Å². The Balaban J connectivity index is 1.89. The van der Waals surface area contributed by atoms with Crippen LogP contribution in [-0.2, 0) is 9.47 Å². The fraction of sp³-hybridized carbons (Fsp3) is 0.688. The van der Waals surface area contributed by atoms with E-state index in [2.05, 4.69) is 12.3 Å². The summed E-state index contributed by atoms with van der Waals surface area (Å²) in [7, 11) is 0. The minimum Gasteiger partial charge on any atom is -0.390 e. The van der Waals surface area contributed by atoms with Gasteiger partial charge in [-0.2, -0.15) is 0 Å². The molecule has 0 bridgehead atoms. The summed E-state index contributed by atoms with van der Waals surface area (Å²) in [6.45, 7) is 9.46. The monoisotopic (exact) mass is 278 g/mol. The second-order valence-electron chi connectivity index (χ2n) is 6.73. The Kier molecular flexibility index (Phi) is 3.02. The molecule has 1 aliphatic carbocycles. The fourth-order valence-electron chi connectivity index (χ4n) is 3.26. The lowest BCUT2D eigenvalue weighted by Gasteiger charge is -2.45. The second-order valence-corrected chi connectivity index (χ2v) is 6.73. The average Bonchev–Trinajstić information content (AvgIpc) is 3.05. The third-order valence-corrected chi connectivity index (χ3v) is 4.63. The minimum atomic E-state index is -0.668. The summed E-state index contributed by atoms with van der Waals surface area (Å²) in [6.07, 6.45) is 1.22. The zero-order valence-corrected chi connectivity index (χ0v) is 12.2. The highest BCUT2D eigenvalue weighted by molar-refractivity contribution is 5.31. The molecule has 0 aromatic carbocycles. The number of ether oxygens (including phenoxy) is 2. The summed E-state index contributed by atoms with van der Waals surface area (Å²) in [6, 6.07) is 0. The Morgan fingerprint density at radius 1 is 1.40 bits per heavy atom. The van der Waals surface area contributed by atoms with E-state index in [1.54, 1.807) is 6.08 Å². The van der Waals surface area contributed by atoms with E-state index >= 15 is 0 Å². The third-order valence-electron chi connectivity index (χ3n) is 4.63. The van der Waals surface area contributed by atoms with E-state index in [4.69, 9.17) is 9.47 Å². The van der Waals surface area contributed by atoms with E-state index < -0.39 is 23.4 Å². The first kappa shape index (κ1) is 14.1. The molecular weight excluding hydrogens is 256 g/mol. The van der Waals surface area contributed by atoms with Crippen LogP contribution >= 0.6 is 0 Å². The molecule has 0 aromatic rings. The van der Waals surface area contributed by atoms with Gasteiger partial charge in [0.1, 0.15) is 17.8 Å². The standard InChI is InChI=1S/C16H22O4/c1-9(2)5-6-10-7-12-16(14(20-16)13(10)18)8-11(17)15(3,4)19-12/h5,11-14,17-18H,1,7-8H2,2-4H3/t6?,11?,12-,13+,14+,16-/m0/s1. The van der Waals surface area contributed by atoms with Crippen LogP contribution < -0.4 is 0 Å². The maximum atomic E-state index is 10.3. The quantitative estimate of drug-likeness (QED) is 0.433. The van der Waals surface area contributed by atoms with Crippen molar-refractivity contribution in [3.8, 4) is 0 Å². The zero-order chi connectivity index (χ0) is 14.7. The number of hydrogen-bond donors (Lipinski definition) is 2. The van der Waals surface area contributed by atoms with Gasteiger partial charge in [-0.25, -0.2) is 0 Å². The summed E-state index contributed by atoms with van der Waals surface area (Å²) >= 11 is 0. The van der Waals surface area contributed by atoms with Crippen molar-refractivity contribution in [1.82, 2.24) is 0 Å². The second kappa shape index (κ2) is 4.30. The molecule has 4 nitrogen and oxygen atoms in total. The highest BCUT2D eigenvalue weighted by Gasteiger charge is 2.71. The van der Waals surface area contributed by atoms with Crippen molar-refractivity contribution in [2.45, 2.75) is 69.2 Å². The lowest BCUT2D eigenvalue weighted by Crippen LogP contribution is -2.58. The number of epoxide rings is 1. The van der Waals surface area contributed by atoms with Crippen molar-refractivity contribution in [2.24, 2.45) is 0 Å². The molecule has 20 heavy (non-hydrogen) atoms. The van der Waals surface area contributed by atoms with Gasteiger partial charge >= 0.3 is 0 Å². The van der Waals surface area contributed by atoms with Crippen LogP contribution in [0.15, 0.2) is 29.5 Å². The summed E-state index contributed by atoms with van der Waals surface area (Å²) in [4.78, 5) is 0. The molecule has 3 rings (SSSR count). The average molecular weight is 278 g/mol. The van der Waals surface area contributed by atoms with E-state index in [0.717, 1.165) is 11.1 Å². The van der Waals surface area contributed by atoms with Crippen LogP contribution in [0.2, 0.25) is 0 Å². The molecule has 3 fully saturated rings. The Labute approximate surface area is 119 Å². The molecule has 3 aliphatic rings. The summed E-state index contributed by atoms with van der Waals surface area (Å²) in [5.74, 6) is 0. The number of hydrogen-bond acceptors (Lipinski definition) is 4. The van der Waals surface area contributed by atoms with E-state index in [0.29, 0.717) is 12.8 Å². The van der Waals surface area contributed by atoms with Gasteiger partial charge in [0.2, 0.25) is 0 Å². The molecule has 1 unspecified atom stereocenters. The maximum Gasteiger partial charge on any atom is 0.127 e. The van der Waals surface area contributed by atoms with Gasteiger partial charge in [0, 0.05) is 18.4 Å². The van der Waals surface area contributed by atoms with Gasteiger partial charge in [0.15, 0.2) is 0 Å². The van der Waals surface area contributed by atoms with Crippen molar-refractivity contribution in [2.75, 3.05) is 0 Å².